The molecule has 5 nitrogen and oxygen atoms in total. The monoisotopic (exact) mass is 408 g/mol. The van der Waals surface area contributed by atoms with E-state index in [9.17, 15) is 9.59 Å². The second-order valence-electron chi connectivity index (χ2n) is 6.79. The van der Waals surface area contributed by atoms with Crippen LogP contribution in [0.4, 0.5) is 0 Å². The molecule has 0 N–H and O–H groups in total. The summed E-state index contributed by atoms with van der Waals surface area (Å²) in [5, 5.41) is 9.63. The van der Waals surface area contributed by atoms with Crippen LogP contribution >= 0.6 is 11.6 Å². The minimum absolute atomic E-state index is 0.108. The van der Waals surface area contributed by atoms with Crippen LogP contribution in [0.25, 0.3) is 0 Å². The van der Waals surface area contributed by atoms with E-state index in [0.29, 0.717) is 21.9 Å². The van der Waals surface area contributed by atoms with Crippen molar-refractivity contribution in [2.75, 3.05) is 6.61 Å². The fraction of sp³-hybridized carbons (Fsp3) is 0.261. The number of esters is 1. The molecule has 1 aliphatic rings. The SMILES string of the molecule is CCOC(=O)C1=C(C)N(Cc2cccc(C#N)c2)C(=O)C[C@H]1c1ccccc1Cl. The highest BCUT2D eigenvalue weighted by Gasteiger charge is 2.37. The van der Waals surface area contributed by atoms with Crippen molar-refractivity contribution in [3.05, 3.63) is 81.5 Å². The van der Waals surface area contributed by atoms with E-state index in [1.165, 1.54) is 0 Å². The van der Waals surface area contributed by atoms with Gasteiger partial charge in [-0.3, -0.25) is 4.79 Å². The number of benzene rings is 2. The van der Waals surface area contributed by atoms with E-state index in [1.807, 2.05) is 24.3 Å². The van der Waals surface area contributed by atoms with E-state index in [4.69, 9.17) is 21.6 Å². The molecule has 1 aliphatic heterocycles. The first-order valence-electron chi connectivity index (χ1n) is 9.38. The summed E-state index contributed by atoms with van der Waals surface area (Å²) in [6.07, 6.45) is 0.118. The molecule has 0 saturated carbocycles. The third-order valence-corrected chi connectivity index (χ3v) is 5.34. The summed E-state index contributed by atoms with van der Waals surface area (Å²) in [4.78, 5) is 27.4. The van der Waals surface area contributed by atoms with E-state index in [0.717, 1.165) is 11.1 Å². The molecular formula is C23H21ClN2O3. The van der Waals surface area contributed by atoms with E-state index in [1.54, 1.807) is 43.0 Å². The van der Waals surface area contributed by atoms with Crippen LogP contribution in [0, 0.1) is 11.3 Å². The van der Waals surface area contributed by atoms with Crippen molar-refractivity contribution in [1.82, 2.24) is 4.90 Å². The van der Waals surface area contributed by atoms with Gasteiger partial charge in [0.25, 0.3) is 0 Å². The molecule has 6 heteroatoms. The predicted molar refractivity (Wildman–Crippen MR) is 110 cm³/mol. The molecule has 0 spiro atoms. The number of hydrogen-bond acceptors (Lipinski definition) is 4. The number of amides is 1. The van der Waals surface area contributed by atoms with E-state index in [2.05, 4.69) is 6.07 Å². The van der Waals surface area contributed by atoms with Crippen LogP contribution in [0.15, 0.2) is 59.8 Å². The highest BCUT2D eigenvalue weighted by atomic mass is 35.5. The summed E-state index contributed by atoms with van der Waals surface area (Å²) in [6, 6.07) is 16.4. The number of nitriles is 1. The molecule has 1 atom stereocenters. The molecule has 0 aromatic heterocycles. The number of rotatable bonds is 5. The van der Waals surface area contributed by atoms with Gasteiger partial charge in [0.2, 0.25) is 5.91 Å². The summed E-state index contributed by atoms with van der Waals surface area (Å²) in [5.41, 5.74) is 3.06. The Kier molecular flexibility index (Phi) is 6.36. The smallest absolute Gasteiger partial charge is 0.336 e. The quantitative estimate of drug-likeness (QED) is 0.679. The van der Waals surface area contributed by atoms with E-state index >= 15 is 0 Å². The Hall–Kier alpha value is -3.10. The summed E-state index contributed by atoms with van der Waals surface area (Å²) >= 11 is 6.37. The van der Waals surface area contributed by atoms with Gasteiger partial charge in [0, 0.05) is 23.1 Å². The minimum atomic E-state index is -0.461. The lowest BCUT2D eigenvalue weighted by atomic mass is 9.83. The van der Waals surface area contributed by atoms with Crippen molar-refractivity contribution >= 4 is 23.5 Å². The van der Waals surface area contributed by atoms with Crippen LogP contribution in [0.5, 0.6) is 0 Å². The zero-order valence-electron chi connectivity index (χ0n) is 16.3. The molecule has 2 aromatic carbocycles. The zero-order chi connectivity index (χ0) is 21.0. The van der Waals surface area contributed by atoms with Crippen molar-refractivity contribution in [3.63, 3.8) is 0 Å². The molecule has 0 saturated heterocycles. The Labute approximate surface area is 175 Å². The highest BCUT2D eigenvalue weighted by molar-refractivity contribution is 6.31. The average molecular weight is 409 g/mol. The van der Waals surface area contributed by atoms with Gasteiger partial charge in [-0.1, -0.05) is 41.9 Å². The standard InChI is InChI=1S/C23H21ClN2O3/c1-3-29-23(28)22-15(2)26(14-17-8-6-7-16(11-17)13-25)21(27)12-19(22)18-9-4-5-10-20(18)24/h4-11,19H,3,12,14H2,1-2H3/t19-/m0/s1. The Morgan fingerprint density at radius 2 is 2.03 bits per heavy atom. The van der Waals surface area contributed by atoms with Gasteiger partial charge in [0.1, 0.15) is 0 Å². The minimum Gasteiger partial charge on any atom is -0.463 e. The summed E-state index contributed by atoms with van der Waals surface area (Å²) in [7, 11) is 0. The second-order valence-corrected chi connectivity index (χ2v) is 7.20. The molecule has 1 amide bonds. The lowest BCUT2D eigenvalue weighted by Gasteiger charge is -2.34. The lowest BCUT2D eigenvalue weighted by Crippen LogP contribution is -2.38. The van der Waals surface area contributed by atoms with Gasteiger partial charge in [-0.25, -0.2) is 4.79 Å². The van der Waals surface area contributed by atoms with Gasteiger partial charge in [-0.05, 0) is 43.2 Å². The molecule has 3 rings (SSSR count). The molecule has 2 aromatic rings. The van der Waals surface area contributed by atoms with Crippen LogP contribution in [0.2, 0.25) is 5.02 Å². The van der Waals surface area contributed by atoms with Crippen molar-refractivity contribution in [1.29, 1.82) is 5.26 Å². The van der Waals surface area contributed by atoms with Gasteiger partial charge >= 0.3 is 5.97 Å². The molecule has 0 bridgehead atoms. The normalized spacial score (nSPS) is 16.6. The van der Waals surface area contributed by atoms with Gasteiger partial charge in [-0.2, -0.15) is 5.26 Å². The molecule has 148 valence electrons. The number of carbonyl (C=O) groups is 2. The number of carbonyl (C=O) groups excluding carboxylic acids is 2. The number of hydrogen-bond donors (Lipinski definition) is 0. The topological polar surface area (TPSA) is 70.4 Å². The summed E-state index contributed by atoms with van der Waals surface area (Å²) in [5.74, 6) is -1.02. The van der Waals surface area contributed by atoms with Gasteiger partial charge in [0.15, 0.2) is 0 Å². The van der Waals surface area contributed by atoms with Crippen molar-refractivity contribution in [2.24, 2.45) is 0 Å². The van der Waals surface area contributed by atoms with Crippen LogP contribution < -0.4 is 0 Å². The van der Waals surface area contributed by atoms with Crippen LogP contribution in [0.1, 0.15) is 42.9 Å². The largest absolute Gasteiger partial charge is 0.463 e. The van der Waals surface area contributed by atoms with Crippen molar-refractivity contribution in [3.8, 4) is 6.07 Å². The maximum atomic E-state index is 13.0. The first-order chi connectivity index (χ1) is 14.0. The van der Waals surface area contributed by atoms with Crippen LogP contribution in [-0.4, -0.2) is 23.4 Å². The zero-order valence-corrected chi connectivity index (χ0v) is 17.1. The molecule has 29 heavy (non-hydrogen) atoms. The lowest BCUT2D eigenvalue weighted by molar-refractivity contribution is -0.140. The Morgan fingerprint density at radius 1 is 1.28 bits per heavy atom. The van der Waals surface area contributed by atoms with Gasteiger partial charge in [0.05, 0.1) is 30.4 Å². The summed E-state index contributed by atoms with van der Waals surface area (Å²) in [6.45, 7) is 4.01. The fourth-order valence-corrected chi connectivity index (χ4v) is 3.89. The predicted octanol–water partition coefficient (Wildman–Crippen LogP) is 4.56. The van der Waals surface area contributed by atoms with E-state index < -0.39 is 11.9 Å². The first-order valence-corrected chi connectivity index (χ1v) is 9.75. The van der Waals surface area contributed by atoms with Crippen molar-refractivity contribution in [2.45, 2.75) is 32.7 Å². The molecule has 0 aliphatic carbocycles. The Bertz CT molecular complexity index is 1020. The first kappa shape index (κ1) is 20.6. The van der Waals surface area contributed by atoms with Crippen LogP contribution in [-0.2, 0) is 20.9 Å². The number of allylic oxidation sites excluding steroid dienone is 1. The van der Waals surface area contributed by atoms with Gasteiger partial charge < -0.3 is 9.64 Å². The van der Waals surface area contributed by atoms with Crippen LogP contribution in [0.3, 0.4) is 0 Å². The molecule has 0 unspecified atom stereocenters. The maximum absolute atomic E-state index is 13.0. The number of nitrogens with zero attached hydrogens (tertiary/aromatic N) is 2. The number of halogens is 1. The average Bonchev–Trinajstić information content (AvgIpc) is 2.71. The third kappa shape index (κ3) is 4.33. The fourth-order valence-electron chi connectivity index (χ4n) is 3.62. The molecular weight excluding hydrogens is 388 g/mol. The van der Waals surface area contributed by atoms with E-state index in [-0.39, 0.29) is 25.5 Å². The highest BCUT2D eigenvalue weighted by Crippen LogP contribution is 2.40. The number of ether oxygens (including phenoxy) is 1. The molecule has 0 fully saturated rings. The second kappa shape index (κ2) is 8.93. The van der Waals surface area contributed by atoms with Gasteiger partial charge in [-0.15, -0.1) is 0 Å². The molecule has 1 heterocycles. The summed E-state index contributed by atoms with van der Waals surface area (Å²) < 4.78 is 5.29. The maximum Gasteiger partial charge on any atom is 0.336 e. The third-order valence-electron chi connectivity index (χ3n) is 5.00. The van der Waals surface area contributed by atoms with Crippen molar-refractivity contribution < 1.29 is 14.3 Å². The molecule has 0 radical (unpaired) electrons. The Morgan fingerprint density at radius 3 is 2.72 bits per heavy atom. The Balaban J connectivity index is 2.05.